The molecular weight excluding hydrogens is 324 g/mol. The number of hydrogen-bond donors (Lipinski definition) is 3. The molecule has 0 aliphatic heterocycles. The molecule has 10 heteroatoms. The van der Waals surface area contributed by atoms with Crippen molar-refractivity contribution in [2.24, 2.45) is 5.10 Å². The first-order valence-corrected chi connectivity index (χ1v) is 6.95. The Kier molecular flexibility index (Phi) is 5.12. The normalized spacial score (nSPS) is 10.5. The Morgan fingerprint density at radius 2 is 1.91 bits per heavy atom. The maximum absolute atomic E-state index is 11.9. The molecule has 3 N–H and O–H groups in total. The highest BCUT2D eigenvalue weighted by molar-refractivity contribution is 7.16. The number of amides is 2. The number of nitrogens with zero attached hydrogens (tertiary/aromatic N) is 2. The molecule has 0 bridgehead atoms. The summed E-state index contributed by atoms with van der Waals surface area (Å²) in [5.74, 6) is -1.31. The second kappa shape index (κ2) is 7.24. The number of hydroxylamine groups is 1. The van der Waals surface area contributed by atoms with Gasteiger partial charge in [-0.2, -0.15) is 5.10 Å². The van der Waals surface area contributed by atoms with Gasteiger partial charge in [0.1, 0.15) is 0 Å². The van der Waals surface area contributed by atoms with Gasteiger partial charge in [-0.05, 0) is 24.3 Å². The van der Waals surface area contributed by atoms with Gasteiger partial charge in [0.2, 0.25) is 0 Å². The average molecular weight is 334 g/mol. The van der Waals surface area contributed by atoms with Gasteiger partial charge in [-0.15, -0.1) is 0 Å². The van der Waals surface area contributed by atoms with Gasteiger partial charge in [-0.3, -0.25) is 24.9 Å². The SMILES string of the molecule is O=C(NO)c1cccc(C(=O)N/N=C/c2ccc([N+](=O)[O-])s2)c1. The number of benzene rings is 1. The zero-order chi connectivity index (χ0) is 16.8. The van der Waals surface area contributed by atoms with Gasteiger partial charge in [0.25, 0.3) is 11.8 Å². The summed E-state index contributed by atoms with van der Waals surface area (Å²) in [4.78, 5) is 33.7. The average Bonchev–Trinajstić information content (AvgIpc) is 3.03. The summed E-state index contributed by atoms with van der Waals surface area (Å²) in [6.07, 6.45) is 1.28. The van der Waals surface area contributed by atoms with E-state index in [1.807, 2.05) is 0 Å². The molecule has 0 atom stereocenters. The Morgan fingerprint density at radius 3 is 2.52 bits per heavy atom. The van der Waals surface area contributed by atoms with Crippen LogP contribution in [0, 0.1) is 10.1 Å². The van der Waals surface area contributed by atoms with Gasteiger partial charge in [0.05, 0.1) is 16.0 Å². The highest BCUT2D eigenvalue weighted by atomic mass is 32.1. The molecule has 0 unspecified atom stereocenters. The first-order chi connectivity index (χ1) is 11.0. The third-order valence-electron chi connectivity index (χ3n) is 2.64. The van der Waals surface area contributed by atoms with Crippen LogP contribution in [-0.4, -0.2) is 28.2 Å². The van der Waals surface area contributed by atoms with E-state index < -0.39 is 16.7 Å². The molecule has 2 amide bonds. The second-order valence-corrected chi connectivity index (χ2v) is 5.25. The molecule has 0 aliphatic rings. The van der Waals surface area contributed by atoms with Gasteiger partial charge in [0.15, 0.2) is 0 Å². The summed E-state index contributed by atoms with van der Waals surface area (Å²) in [6, 6.07) is 8.50. The van der Waals surface area contributed by atoms with Crippen LogP contribution in [0.1, 0.15) is 25.6 Å². The van der Waals surface area contributed by atoms with Crippen LogP contribution in [0.5, 0.6) is 0 Å². The summed E-state index contributed by atoms with van der Waals surface area (Å²) in [5, 5.41) is 22.8. The van der Waals surface area contributed by atoms with Crippen LogP contribution in [0.4, 0.5) is 5.00 Å². The lowest BCUT2D eigenvalue weighted by atomic mass is 10.1. The van der Waals surface area contributed by atoms with Crippen LogP contribution in [0.25, 0.3) is 0 Å². The molecule has 0 radical (unpaired) electrons. The molecule has 0 saturated carbocycles. The first-order valence-electron chi connectivity index (χ1n) is 6.13. The number of rotatable bonds is 5. The van der Waals surface area contributed by atoms with Crippen LogP contribution < -0.4 is 10.9 Å². The minimum Gasteiger partial charge on any atom is -0.288 e. The minimum atomic E-state index is -0.742. The second-order valence-electron chi connectivity index (χ2n) is 4.15. The van der Waals surface area contributed by atoms with E-state index in [1.54, 1.807) is 0 Å². The molecule has 0 aliphatic carbocycles. The van der Waals surface area contributed by atoms with Gasteiger partial charge in [0, 0.05) is 17.2 Å². The summed E-state index contributed by atoms with van der Waals surface area (Å²) in [7, 11) is 0. The molecule has 0 spiro atoms. The van der Waals surface area contributed by atoms with Crippen molar-refractivity contribution in [3.05, 3.63) is 62.5 Å². The fourth-order valence-electron chi connectivity index (χ4n) is 1.60. The number of carbonyl (C=O) groups excluding carboxylic acids is 2. The van der Waals surface area contributed by atoms with Crippen LogP contribution in [0.2, 0.25) is 0 Å². The van der Waals surface area contributed by atoms with Crippen LogP contribution in [0.3, 0.4) is 0 Å². The Balaban J connectivity index is 2.02. The molecule has 2 rings (SSSR count). The topological polar surface area (TPSA) is 134 Å². The highest BCUT2D eigenvalue weighted by Gasteiger charge is 2.10. The van der Waals surface area contributed by atoms with E-state index in [0.29, 0.717) is 4.88 Å². The fraction of sp³-hybridized carbons (Fsp3) is 0. The number of hydrogen-bond acceptors (Lipinski definition) is 7. The number of hydrazone groups is 1. The molecule has 9 nitrogen and oxygen atoms in total. The Bertz CT molecular complexity index is 786. The quantitative estimate of drug-likeness (QED) is 0.330. The van der Waals surface area contributed by atoms with Gasteiger partial charge >= 0.3 is 5.00 Å². The zero-order valence-electron chi connectivity index (χ0n) is 11.4. The maximum Gasteiger partial charge on any atom is 0.324 e. The van der Waals surface area contributed by atoms with Crippen LogP contribution >= 0.6 is 11.3 Å². The lowest BCUT2D eigenvalue weighted by molar-refractivity contribution is -0.380. The Labute approximate surface area is 133 Å². The van der Waals surface area contributed by atoms with Crippen molar-refractivity contribution in [2.45, 2.75) is 0 Å². The zero-order valence-corrected chi connectivity index (χ0v) is 12.2. The molecule has 23 heavy (non-hydrogen) atoms. The van der Waals surface area contributed by atoms with E-state index in [0.717, 1.165) is 11.3 Å². The molecule has 1 aromatic carbocycles. The fourth-order valence-corrected chi connectivity index (χ4v) is 2.29. The molecule has 1 heterocycles. The highest BCUT2D eigenvalue weighted by Crippen LogP contribution is 2.22. The van der Waals surface area contributed by atoms with Crippen molar-refractivity contribution in [1.82, 2.24) is 10.9 Å². The van der Waals surface area contributed by atoms with Crippen molar-refractivity contribution >= 4 is 34.4 Å². The predicted molar refractivity (Wildman–Crippen MR) is 81.7 cm³/mol. The maximum atomic E-state index is 11.9. The monoisotopic (exact) mass is 334 g/mol. The summed E-state index contributed by atoms with van der Waals surface area (Å²) in [5.41, 5.74) is 3.99. The molecule has 2 aromatic rings. The number of carbonyl (C=O) groups is 2. The van der Waals surface area contributed by atoms with Crippen molar-refractivity contribution in [3.63, 3.8) is 0 Å². The van der Waals surface area contributed by atoms with Crippen molar-refractivity contribution in [2.75, 3.05) is 0 Å². The van der Waals surface area contributed by atoms with E-state index in [9.17, 15) is 19.7 Å². The largest absolute Gasteiger partial charge is 0.324 e. The summed E-state index contributed by atoms with van der Waals surface area (Å²) < 4.78 is 0. The van der Waals surface area contributed by atoms with E-state index in [2.05, 4.69) is 10.5 Å². The van der Waals surface area contributed by atoms with E-state index in [4.69, 9.17) is 5.21 Å². The smallest absolute Gasteiger partial charge is 0.288 e. The molecule has 0 saturated heterocycles. The summed E-state index contributed by atoms with van der Waals surface area (Å²) in [6.45, 7) is 0. The number of nitrogens with one attached hydrogen (secondary N) is 2. The van der Waals surface area contributed by atoms with E-state index in [1.165, 1.54) is 48.1 Å². The third-order valence-corrected chi connectivity index (χ3v) is 3.61. The molecular formula is C13H10N4O5S. The molecule has 1 aromatic heterocycles. The van der Waals surface area contributed by atoms with E-state index >= 15 is 0 Å². The molecule has 0 fully saturated rings. The van der Waals surface area contributed by atoms with Crippen molar-refractivity contribution < 1.29 is 19.7 Å². The lowest BCUT2D eigenvalue weighted by Crippen LogP contribution is -2.21. The molecule has 118 valence electrons. The third kappa shape index (κ3) is 4.18. The number of thiophene rings is 1. The van der Waals surface area contributed by atoms with Gasteiger partial charge in [-0.1, -0.05) is 17.4 Å². The van der Waals surface area contributed by atoms with Crippen LogP contribution in [0.15, 0.2) is 41.5 Å². The standard InChI is InChI=1S/C13H10N4O5S/c18-12(8-2-1-3-9(6-8)13(19)16-20)15-14-7-10-4-5-11(23-10)17(21)22/h1-7,20H,(H,15,18)(H,16,19)/b14-7+. The summed E-state index contributed by atoms with van der Waals surface area (Å²) >= 11 is 0.917. The lowest BCUT2D eigenvalue weighted by Gasteiger charge is -2.02. The van der Waals surface area contributed by atoms with Crippen LogP contribution in [-0.2, 0) is 0 Å². The van der Waals surface area contributed by atoms with Crippen molar-refractivity contribution in [1.29, 1.82) is 0 Å². The van der Waals surface area contributed by atoms with Gasteiger partial charge in [-0.25, -0.2) is 10.9 Å². The Morgan fingerprint density at radius 1 is 1.22 bits per heavy atom. The Hall–Kier alpha value is -3.11. The number of nitro groups is 1. The van der Waals surface area contributed by atoms with Crippen molar-refractivity contribution in [3.8, 4) is 0 Å². The van der Waals surface area contributed by atoms with E-state index in [-0.39, 0.29) is 16.1 Å². The van der Waals surface area contributed by atoms with Gasteiger partial charge < -0.3 is 0 Å². The first kappa shape index (κ1) is 16.3. The minimum absolute atomic E-state index is 0.0273. The predicted octanol–water partition coefficient (Wildman–Crippen LogP) is 1.54.